The van der Waals surface area contributed by atoms with Gasteiger partial charge in [0.1, 0.15) is 11.5 Å². The van der Waals surface area contributed by atoms with Gasteiger partial charge in [-0.1, -0.05) is 6.92 Å². The van der Waals surface area contributed by atoms with Gasteiger partial charge in [0.2, 0.25) is 0 Å². The van der Waals surface area contributed by atoms with Crippen LogP contribution in [0.25, 0.3) is 0 Å². The van der Waals surface area contributed by atoms with E-state index in [1.807, 2.05) is 6.92 Å². The monoisotopic (exact) mass is 340 g/mol. The Bertz CT molecular complexity index is 480. The fourth-order valence-corrected chi connectivity index (χ4v) is 2.67. The highest BCUT2D eigenvalue weighted by Gasteiger charge is 2.32. The van der Waals surface area contributed by atoms with Crippen LogP contribution in [0.1, 0.15) is 24.9 Å². The van der Waals surface area contributed by atoms with Crippen LogP contribution in [0, 0.1) is 0 Å². The molecule has 8 heteroatoms. The summed E-state index contributed by atoms with van der Waals surface area (Å²) in [5, 5.41) is 13.2. The zero-order chi connectivity index (χ0) is 15.5. The summed E-state index contributed by atoms with van der Waals surface area (Å²) in [6.45, 7) is 5.19. The molecule has 126 valence electrons. The Kier molecular flexibility index (Phi) is 6.77. The second-order valence-electron chi connectivity index (χ2n) is 4.98. The molecular formula is C14H20ClF3N2O2. The molecule has 0 saturated carbocycles. The number of nitrogens with zero attached hydrogens (tertiary/aromatic N) is 1. The molecule has 1 heterocycles. The Morgan fingerprint density at radius 2 is 1.95 bits per heavy atom. The highest BCUT2D eigenvalue weighted by Crippen LogP contribution is 2.35. The molecule has 1 aliphatic heterocycles. The molecule has 0 radical (unpaired) electrons. The minimum Gasteiger partial charge on any atom is -0.508 e. The van der Waals surface area contributed by atoms with E-state index in [9.17, 15) is 18.3 Å². The number of halogens is 4. The van der Waals surface area contributed by atoms with Crippen molar-refractivity contribution < 1.29 is 23.0 Å². The summed E-state index contributed by atoms with van der Waals surface area (Å²) >= 11 is 0. The minimum atomic E-state index is -4.73. The first kappa shape index (κ1) is 18.9. The van der Waals surface area contributed by atoms with Crippen LogP contribution in [-0.4, -0.2) is 42.5 Å². The largest absolute Gasteiger partial charge is 0.573 e. The van der Waals surface area contributed by atoms with Crippen molar-refractivity contribution in [3.8, 4) is 11.5 Å². The summed E-state index contributed by atoms with van der Waals surface area (Å²) in [5.74, 6) is -0.307. The first-order chi connectivity index (χ1) is 9.90. The summed E-state index contributed by atoms with van der Waals surface area (Å²) in [6.07, 6.45) is -4.03. The predicted octanol–water partition coefficient (Wildman–Crippen LogP) is 3.07. The molecule has 1 saturated heterocycles. The smallest absolute Gasteiger partial charge is 0.508 e. The molecule has 4 nitrogen and oxygen atoms in total. The highest BCUT2D eigenvalue weighted by atomic mass is 35.5. The minimum absolute atomic E-state index is 0. The lowest BCUT2D eigenvalue weighted by Crippen LogP contribution is -2.45. The van der Waals surface area contributed by atoms with Crippen molar-refractivity contribution in [2.45, 2.75) is 25.7 Å². The molecular weight excluding hydrogens is 321 g/mol. The predicted molar refractivity (Wildman–Crippen MR) is 79.5 cm³/mol. The first-order valence-electron chi connectivity index (χ1n) is 6.94. The van der Waals surface area contributed by atoms with Crippen molar-refractivity contribution in [3.05, 3.63) is 23.8 Å². The molecule has 0 spiro atoms. The van der Waals surface area contributed by atoms with Crippen LogP contribution in [0.15, 0.2) is 18.2 Å². The standard InChI is InChI=1S/C14H19F3N2O2.ClH/c1-2-12(19-7-5-18-6-8-19)11-9-10(3-4-13(11)20)21-14(15,16)17;/h3-4,9,12,18,20H,2,5-8H2,1H3;1H/t12-;/m0./s1. The van der Waals surface area contributed by atoms with Crippen molar-refractivity contribution in [2.75, 3.05) is 26.2 Å². The van der Waals surface area contributed by atoms with Gasteiger partial charge in [0.05, 0.1) is 0 Å². The number of phenols is 1. The van der Waals surface area contributed by atoms with Crippen LogP contribution in [0.5, 0.6) is 11.5 Å². The summed E-state index contributed by atoms with van der Waals surface area (Å²) in [6, 6.07) is 3.53. The quantitative estimate of drug-likeness (QED) is 0.884. The zero-order valence-electron chi connectivity index (χ0n) is 12.2. The molecule has 1 aromatic carbocycles. The third kappa shape index (κ3) is 4.93. The third-order valence-corrected chi connectivity index (χ3v) is 3.57. The van der Waals surface area contributed by atoms with Crippen molar-refractivity contribution in [3.63, 3.8) is 0 Å². The van der Waals surface area contributed by atoms with Gasteiger partial charge in [0.25, 0.3) is 0 Å². The maximum absolute atomic E-state index is 12.3. The van der Waals surface area contributed by atoms with E-state index in [1.165, 1.54) is 12.1 Å². The molecule has 1 aliphatic rings. The van der Waals surface area contributed by atoms with Crippen LogP contribution < -0.4 is 10.1 Å². The number of piperazine rings is 1. The van der Waals surface area contributed by atoms with Gasteiger partial charge in [0, 0.05) is 37.8 Å². The van der Waals surface area contributed by atoms with E-state index in [1.54, 1.807) is 0 Å². The maximum Gasteiger partial charge on any atom is 0.573 e. The number of benzene rings is 1. The number of hydrogen-bond acceptors (Lipinski definition) is 4. The molecule has 1 atom stereocenters. The molecule has 0 amide bonds. The van der Waals surface area contributed by atoms with E-state index in [-0.39, 0.29) is 29.9 Å². The SMILES string of the molecule is CC[C@@H](c1cc(OC(F)(F)F)ccc1O)N1CCNCC1.Cl. The topological polar surface area (TPSA) is 44.7 Å². The Balaban J connectivity index is 0.00000242. The number of rotatable bonds is 4. The van der Waals surface area contributed by atoms with Gasteiger partial charge >= 0.3 is 6.36 Å². The average molecular weight is 341 g/mol. The van der Waals surface area contributed by atoms with Gasteiger partial charge in [-0.25, -0.2) is 0 Å². The van der Waals surface area contributed by atoms with E-state index in [0.29, 0.717) is 12.0 Å². The van der Waals surface area contributed by atoms with Gasteiger partial charge in [-0.2, -0.15) is 0 Å². The van der Waals surface area contributed by atoms with Crippen LogP contribution in [-0.2, 0) is 0 Å². The second-order valence-corrected chi connectivity index (χ2v) is 4.98. The Morgan fingerprint density at radius 3 is 2.50 bits per heavy atom. The normalized spacial score (nSPS) is 17.6. The fraction of sp³-hybridized carbons (Fsp3) is 0.571. The third-order valence-electron chi connectivity index (χ3n) is 3.57. The number of aromatic hydroxyl groups is 1. The van der Waals surface area contributed by atoms with Gasteiger partial charge in [-0.3, -0.25) is 4.90 Å². The van der Waals surface area contributed by atoms with Gasteiger partial charge < -0.3 is 15.2 Å². The molecule has 1 aromatic rings. The van der Waals surface area contributed by atoms with E-state index in [0.717, 1.165) is 32.2 Å². The molecule has 1 fully saturated rings. The molecule has 0 aromatic heterocycles. The van der Waals surface area contributed by atoms with Crippen molar-refractivity contribution in [1.29, 1.82) is 0 Å². The van der Waals surface area contributed by atoms with Crippen LogP contribution in [0.3, 0.4) is 0 Å². The van der Waals surface area contributed by atoms with E-state index in [2.05, 4.69) is 15.0 Å². The van der Waals surface area contributed by atoms with Crippen molar-refractivity contribution >= 4 is 12.4 Å². The summed E-state index contributed by atoms with van der Waals surface area (Å²) in [4.78, 5) is 2.16. The van der Waals surface area contributed by atoms with E-state index in [4.69, 9.17) is 0 Å². The lowest BCUT2D eigenvalue weighted by Gasteiger charge is -2.35. The number of nitrogens with one attached hydrogen (secondary N) is 1. The molecule has 0 bridgehead atoms. The lowest BCUT2D eigenvalue weighted by molar-refractivity contribution is -0.274. The number of alkyl halides is 3. The first-order valence-corrected chi connectivity index (χ1v) is 6.94. The average Bonchev–Trinajstić information content (AvgIpc) is 2.43. The lowest BCUT2D eigenvalue weighted by atomic mass is 10.0. The van der Waals surface area contributed by atoms with Gasteiger partial charge in [0.15, 0.2) is 0 Å². The Labute approximate surface area is 133 Å². The Hall–Kier alpha value is -1.18. The Morgan fingerprint density at radius 1 is 1.32 bits per heavy atom. The molecule has 2 N–H and O–H groups in total. The van der Waals surface area contributed by atoms with Crippen molar-refractivity contribution in [1.82, 2.24) is 10.2 Å². The van der Waals surface area contributed by atoms with Crippen LogP contribution >= 0.6 is 12.4 Å². The molecule has 0 aliphatic carbocycles. The highest BCUT2D eigenvalue weighted by molar-refractivity contribution is 5.85. The van der Waals surface area contributed by atoms with Crippen molar-refractivity contribution in [2.24, 2.45) is 0 Å². The molecule has 2 rings (SSSR count). The number of phenolic OH excluding ortho intramolecular Hbond substituents is 1. The summed E-state index contributed by atoms with van der Waals surface area (Å²) in [7, 11) is 0. The van der Waals surface area contributed by atoms with Gasteiger partial charge in [-0.15, -0.1) is 25.6 Å². The molecule has 22 heavy (non-hydrogen) atoms. The van der Waals surface area contributed by atoms with Crippen LogP contribution in [0.2, 0.25) is 0 Å². The van der Waals surface area contributed by atoms with E-state index >= 15 is 0 Å². The number of ether oxygens (including phenoxy) is 1. The zero-order valence-corrected chi connectivity index (χ0v) is 13.0. The summed E-state index contributed by atoms with van der Waals surface area (Å²) in [5.41, 5.74) is 0.473. The maximum atomic E-state index is 12.3. The fourth-order valence-electron chi connectivity index (χ4n) is 2.67. The number of hydrogen-bond donors (Lipinski definition) is 2. The summed E-state index contributed by atoms with van der Waals surface area (Å²) < 4.78 is 40.9. The second kappa shape index (κ2) is 7.89. The van der Waals surface area contributed by atoms with Gasteiger partial charge in [-0.05, 0) is 24.6 Å². The van der Waals surface area contributed by atoms with E-state index < -0.39 is 6.36 Å². The van der Waals surface area contributed by atoms with Crippen LogP contribution in [0.4, 0.5) is 13.2 Å². The molecule has 0 unspecified atom stereocenters.